The van der Waals surface area contributed by atoms with Crippen LogP contribution in [-0.4, -0.2) is 54.3 Å². The van der Waals surface area contributed by atoms with Crippen molar-refractivity contribution in [3.05, 3.63) is 30.2 Å². The van der Waals surface area contributed by atoms with Crippen molar-refractivity contribution in [2.75, 3.05) is 11.9 Å². The number of hydrogen-bond acceptors (Lipinski definition) is 8. The molecule has 170 valence electrons. The molecule has 1 N–H and O–H groups in total. The van der Waals surface area contributed by atoms with Gasteiger partial charge in [-0.1, -0.05) is 18.9 Å². The van der Waals surface area contributed by atoms with Gasteiger partial charge in [-0.3, -0.25) is 0 Å². The zero-order valence-corrected chi connectivity index (χ0v) is 18.6. The van der Waals surface area contributed by atoms with E-state index in [1.807, 2.05) is 18.0 Å². The first-order valence-corrected chi connectivity index (χ1v) is 11.2. The van der Waals surface area contributed by atoms with E-state index < -0.39 is 6.17 Å². The number of nitrogens with zero attached hydrogens (tertiary/aromatic N) is 8. The number of aromatic nitrogens is 6. The molecule has 4 atom stereocenters. The van der Waals surface area contributed by atoms with E-state index in [0.29, 0.717) is 28.7 Å². The van der Waals surface area contributed by atoms with Gasteiger partial charge in [0.25, 0.3) is 0 Å². The lowest BCUT2D eigenvalue weighted by atomic mass is 9.69. The topological polar surface area (TPSA) is 117 Å². The predicted molar refractivity (Wildman–Crippen MR) is 119 cm³/mol. The van der Waals surface area contributed by atoms with Gasteiger partial charge in [0.05, 0.1) is 17.8 Å². The Morgan fingerprint density at radius 2 is 2.06 bits per heavy atom. The van der Waals surface area contributed by atoms with Gasteiger partial charge in [-0.25, -0.2) is 14.1 Å². The van der Waals surface area contributed by atoms with Gasteiger partial charge in [0.2, 0.25) is 5.82 Å². The quantitative estimate of drug-likeness (QED) is 0.646. The third-order valence-electron chi connectivity index (χ3n) is 6.98. The summed E-state index contributed by atoms with van der Waals surface area (Å²) in [6.07, 6.45) is 5.80. The minimum atomic E-state index is -0.869. The zero-order chi connectivity index (χ0) is 23.1. The first-order chi connectivity index (χ1) is 15.9. The molecular formula is C23H25FN8O. The smallest absolute Gasteiger partial charge is 0.231 e. The third-order valence-corrected chi connectivity index (χ3v) is 6.98. The molecule has 2 fully saturated rings. The SMILES string of the molecule is CN(c1cnc(-c2ccc(-c3nc(C#N)n(C)n3)cc2O)nn1)[C@H]1C[C@@H]2CCC[C@@H](C2)[C@H]1F. The molecule has 2 aliphatic carbocycles. The number of anilines is 1. The Labute approximate surface area is 190 Å². The summed E-state index contributed by atoms with van der Waals surface area (Å²) in [5, 5.41) is 32.3. The molecule has 2 heterocycles. The lowest BCUT2D eigenvalue weighted by molar-refractivity contribution is 0.0656. The molecule has 2 bridgehead atoms. The van der Waals surface area contributed by atoms with Crippen LogP contribution in [0.2, 0.25) is 0 Å². The van der Waals surface area contributed by atoms with Gasteiger partial charge in [-0.15, -0.1) is 10.2 Å². The number of aromatic hydroxyl groups is 1. The van der Waals surface area contributed by atoms with Crippen molar-refractivity contribution in [3.63, 3.8) is 0 Å². The van der Waals surface area contributed by atoms with Crippen LogP contribution in [0.5, 0.6) is 5.75 Å². The van der Waals surface area contributed by atoms with Crippen LogP contribution in [0.3, 0.4) is 0 Å². The molecule has 0 amide bonds. The van der Waals surface area contributed by atoms with Gasteiger partial charge in [-0.05, 0) is 43.2 Å². The van der Waals surface area contributed by atoms with Crippen LogP contribution in [0.1, 0.15) is 37.9 Å². The molecule has 2 aliphatic rings. The highest BCUT2D eigenvalue weighted by Gasteiger charge is 2.42. The Balaban J connectivity index is 1.35. The van der Waals surface area contributed by atoms with Crippen LogP contribution in [0, 0.1) is 23.2 Å². The van der Waals surface area contributed by atoms with E-state index >= 15 is 4.39 Å². The van der Waals surface area contributed by atoms with Crippen molar-refractivity contribution >= 4 is 5.82 Å². The Hall–Kier alpha value is -3.61. The van der Waals surface area contributed by atoms with E-state index in [9.17, 15) is 5.11 Å². The van der Waals surface area contributed by atoms with E-state index in [1.165, 1.54) is 17.2 Å². The average Bonchev–Trinajstić information content (AvgIpc) is 3.22. The first-order valence-electron chi connectivity index (χ1n) is 11.2. The fourth-order valence-electron chi connectivity index (χ4n) is 5.18. The highest BCUT2D eigenvalue weighted by Crippen LogP contribution is 2.43. The zero-order valence-electron chi connectivity index (χ0n) is 18.6. The molecule has 3 aromatic rings. The van der Waals surface area contributed by atoms with E-state index in [0.717, 1.165) is 25.7 Å². The molecule has 0 aliphatic heterocycles. The summed E-state index contributed by atoms with van der Waals surface area (Å²) in [6, 6.07) is 6.63. The van der Waals surface area contributed by atoms with Crippen LogP contribution in [0.15, 0.2) is 24.4 Å². The largest absolute Gasteiger partial charge is 0.507 e. The fraction of sp³-hybridized carbons (Fsp3) is 0.478. The molecule has 1 aromatic carbocycles. The Morgan fingerprint density at radius 3 is 2.76 bits per heavy atom. The monoisotopic (exact) mass is 448 g/mol. The van der Waals surface area contributed by atoms with Crippen LogP contribution in [-0.2, 0) is 7.05 Å². The molecule has 5 rings (SSSR count). The van der Waals surface area contributed by atoms with Crippen LogP contribution < -0.4 is 4.90 Å². The van der Waals surface area contributed by atoms with E-state index in [2.05, 4.69) is 25.3 Å². The summed E-state index contributed by atoms with van der Waals surface area (Å²) in [6.45, 7) is 0. The second-order valence-electron chi connectivity index (χ2n) is 9.02. The summed E-state index contributed by atoms with van der Waals surface area (Å²) in [5.41, 5.74) is 0.974. The number of alkyl halides is 1. The highest BCUT2D eigenvalue weighted by atomic mass is 19.1. The van der Waals surface area contributed by atoms with Gasteiger partial charge in [0, 0.05) is 19.7 Å². The van der Waals surface area contributed by atoms with Crippen LogP contribution >= 0.6 is 0 Å². The number of fused-ring (bicyclic) bond motifs is 2. The Kier molecular flexibility index (Phi) is 5.40. The number of phenolic OH excluding ortho intramolecular Hbond substituents is 1. The van der Waals surface area contributed by atoms with Crippen LogP contribution in [0.25, 0.3) is 22.8 Å². The molecule has 0 radical (unpaired) electrons. The van der Waals surface area contributed by atoms with E-state index in [4.69, 9.17) is 5.26 Å². The normalized spacial score (nSPS) is 24.3. The van der Waals surface area contributed by atoms with Crippen molar-refractivity contribution in [3.8, 4) is 34.6 Å². The maximum absolute atomic E-state index is 15.1. The van der Waals surface area contributed by atoms with Crippen molar-refractivity contribution < 1.29 is 9.50 Å². The summed E-state index contributed by atoms with van der Waals surface area (Å²) >= 11 is 0. The second kappa shape index (κ2) is 8.39. The molecule has 2 saturated carbocycles. The minimum absolute atomic E-state index is 0.0507. The number of aryl methyl sites for hydroxylation is 1. The molecular weight excluding hydrogens is 423 g/mol. The summed E-state index contributed by atoms with van der Waals surface area (Å²) in [4.78, 5) is 10.4. The molecule has 0 saturated heterocycles. The van der Waals surface area contributed by atoms with Crippen molar-refractivity contribution in [2.24, 2.45) is 18.9 Å². The summed E-state index contributed by atoms with van der Waals surface area (Å²) in [5.74, 6) is 1.97. The maximum atomic E-state index is 15.1. The minimum Gasteiger partial charge on any atom is -0.507 e. The van der Waals surface area contributed by atoms with Gasteiger partial charge in [-0.2, -0.15) is 15.3 Å². The van der Waals surface area contributed by atoms with Crippen molar-refractivity contribution in [1.82, 2.24) is 29.9 Å². The fourth-order valence-corrected chi connectivity index (χ4v) is 5.18. The lowest BCUT2D eigenvalue weighted by Gasteiger charge is -2.45. The maximum Gasteiger partial charge on any atom is 0.231 e. The third kappa shape index (κ3) is 3.88. The number of nitriles is 1. The average molecular weight is 449 g/mol. The molecule has 0 unspecified atom stereocenters. The second-order valence-corrected chi connectivity index (χ2v) is 9.02. The lowest BCUT2D eigenvalue weighted by Crippen LogP contribution is -2.49. The van der Waals surface area contributed by atoms with Crippen molar-refractivity contribution in [1.29, 1.82) is 5.26 Å². The molecule has 33 heavy (non-hydrogen) atoms. The molecule has 2 aromatic heterocycles. The molecule has 10 heteroatoms. The number of rotatable bonds is 4. The number of benzene rings is 1. The first kappa shape index (κ1) is 21.2. The van der Waals surface area contributed by atoms with Gasteiger partial charge < -0.3 is 10.0 Å². The van der Waals surface area contributed by atoms with Crippen molar-refractivity contribution in [2.45, 2.75) is 44.3 Å². The van der Waals surface area contributed by atoms with Gasteiger partial charge >= 0.3 is 0 Å². The predicted octanol–water partition coefficient (Wildman–Crippen LogP) is 3.26. The number of halogens is 1. The highest BCUT2D eigenvalue weighted by molar-refractivity contribution is 5.70. The molecule has 9 nitrogen and oxygen atoms in total. The number of phenols is 1. The Morgan fingerprint density at radius 1 is 1.21 bits per heavy atom. The number of hydrogen-bond donors (Lipinski definition) is 1. The van der Waals surface area contributed by atoms with E-state index in [-0.39, 0.29) is 29.4 Å². The standard InChI is InChI=1S/C23H25FN8O/c1-31(17-9-13-4-3-5-14(8-13)21(17)24)20-12-26-23(29-28-20)16-7-6-15(10-18(16)33)22-27-19(11-25)32(2)30-22/h6-7,10,12-14,17,21,33H,3-5,8-9H2,1-2H3/t13-,14+,17+,21-/m1/s1. The van der Waals surface area contributed by atoms with Gasteiger partial charge in [0.1, 0.15) is 18.0 Å². The summed E-state index contributed by atoms with van der Waals surface area (Å²) < 4.78 is 16.5. The van der Waals surface area contributed by atoms with E-state index in [1.54, 1.807) is 25.4 Å². The summed E-state index contributed by atoms with van der Waals surface area (Å²) in [7, 11) is 3.48. The Bertz CT molecular complexity index is 1200. The van der Waals surface area contributed by atoms with Gasteiger partial charge in [0.15, 0.2) is 17.5 Å². The molecule has 0 spiro atoms. The van der Waals surface area contributed by atoms with Crippen LogP contribution in [0.4, 0.5) is 10.2 Å².